The van der Waals surface area contributed by atoms with Gasteiger partial charge in [0.05, 0.1) is 8.66 Å². The van der Waals surface area contributed by atoms with Gasteiger partial charge in [-0.15, -0.1) is 11.3 Å². The standard InChI is InChI=1S/C14H13Br2NOS/c15-9-11(8-10-4-2-1-3-5-10)17-14(18)12-6-7-13(16)19-12/h1-7,11H,8-9H2,(H,17,18). The van der Waals surface area contributed by atoms with Gasteiger partial charge in [-0.05, 0) is 40.0 Å². The first-order valence-corrected chi connectivity index (χ1v) is 8.58. The van der Waals surface area contributed by atoms with Crippen molar-refractivity contribution < 1.29 is 4.79 Å². The summed E-state index contributed by atoms with van der Waals surface area (Å²) in [5.41, 5.74) is 1.22. The molecule has 0 spiro atoms. The molecule has 1 amide bonds. The van der Waals surface area contributed by atoms with E-state index in [1.165, 1.54) is 16.9 Å². The van der Waals surface area contributed by atoms with Crippen molar-refractivity contribution in [2.24, 2.45) is 0 Å². The lowest BCUT2D eigenvalue weighted by molar-refractivity contribution is 0.0945. The number of halogens is 2. The van der Waals surface area contributed by atoms with Gasteiger partial charge in [-0.1, -0.05) is 46.3 Å². The first kappa shape index (κ1) is 14.8. The summed E-state index contributed by atoms with van der Waals surface area (Å²) in [5, 5.41) is 3.78. The molecule has 2 rings (SSSR count). The summed E-state index contributed by atoms with van der Waals surface area (Å²) in [6, 6.07) is 14.0. The summed E-state index contributed by atoms with van der Waals surface area (Å²) < 4.78 is 0.969. The maximum Gasteiger partial charge on any atom is 0.261 e. The molecule has 2 aromatic rings. The first-order valence-electron chi connectivity index (χ1n) is 5.85. The zero-order valence-electron chi connectivity index (χ0n) is 10.1. The Morgan fingerprint density at radius 1 is 1.21 bits per heavy atom. The monoisotopic (exact) mass is 401 g/mol. The number of carbonyl (C=O) groups excluding carboxylic acids is 1. The van der Waals surface area contributed by atoms with Crippen molar-refractivity contribution in [3.05, 3.63) is 56.7 Å². The molecule has 1 aromatic carbocycles. The molecule has 0 radical (unpaired) electrons. The lowest BCUT2D eigenvalue weighted by atomic mass is 10.1. The minimum atomic E-state index is -0.0175. The highest BCUT2D eigenvalue weighted by molar-refractivity contribution is 9.11. The Hall–Kier alpha value is -0.650. The van der Waals surface area contributed by atoms with Gasteiger partial charge < -0.3 is 5.32 Å². The second-order valence-corrected chi connectivity index (χ2v) is 7.23. The van der Waals surface area contributed by atoms with Gasteiger partial charge >= 0.3 is 0 Å². The fourth-order valence-corrected chi connectivity index (χ4v) is 3.42. The van der Waals surface area contributed by atoms with E-state index in [2.05, 4.69) is 49.3 Å². The Morgan fingerprint density at radius 2 is 1.95 bits per heavy atom. The third-order valence-electron chi connectivity index (χ3n) is 2.64. The lowest BCUT2D eigenvalue weighted by Crippen LogP contribution is -2.37. The molecule has 0 saturated carbocycles. The summed E-state index contributed by atoms with van der Waals surface area (Å²) in [6.07, 6.45) is 0.824. The summed E-state index contributed by atoms with van der Waals surface area (Å²) in [7, 11) is 0. The molecule has 1 aromatic heterocycles. The van der Waals surface area contributed by atoms with Crippen LogP contribution in [-0.4, -0.2) is 17.3 Å². The minimum absolute atomic E-state index is 0.0175. The van der Waals surface area contributed by atoms with Crippen LogP contribution in [0, 0.1) is 0 Å². The molecule has 1 unspecified atom stereocenters. The maximum absolute atomic E-state index is 12.1. The van der Waals surface area contributed by atoms with E-state index in [9.17, 15) is 4.79 Å². The smallest absolute Gasteiger partial charge is 0.261 e. The average Bonchev–Trinajstić information content (AvgIpc) is 2.86. The molecule has 0 fully saturated rings. The quantitative estimate of drug-likeness (QED) is 0.744. The molecule has 1 N–H and O–H groups in total. The van der Waals surface area contributed by atoms with E-state index >= 15 is 0 Å². The van der Waals surface area contributed by atoms with Gasteiger partial charge in [-0.3, -0.25) is 4.79 Å². The summed E-state index contributed by atoms with van der Waals surface area (Å²) in [4.78, 5) is 12.8. The largest absolute Gasteiger partial charge is 0.347 e. The van der Waals surface area contributed by atoms with Crippen LogP contribution in [0.1, 0.15) is 15.2 Å². The number of nitrogens with one attached hydrogen (secondary N) is 1. The van der Waals surface area contributed by atoms with Gasteiger partial charge in [0.25, 0.3) is 5.91 Å². The highest BCUT2D eigenvalue weighted by Gasteiger charge is 2.14. The van der Waals surface area contributed by atoms with Crippen LogP contribution in [0.15, 0.2) is 46.3 Å². The van der Waals surface area contributed by atoms with E-state index < -0.39 is 0 Å². The summed E-state index contributed by atoms with van der Waals surface area (Å²) in [6.45, 7) is 0. The SMILES string of the molecule is O=C(NC(CBr)Cc1ccccc1)c1ccc(Br)s1. The molecule has 1 heterocycles. The normalized spacial score (nSPS) is 12.1. The molecular weight excluding hydrogens is 390 g/mol. The Kier molecular flexibility index (Phi) is 5.60. The first-order chi connectivity index (χ1) is 9.19. The molecule has 0 aliphatic rings. The van der Waals surface area contributed by atoms with Crippen LogP contribution < -0.4 is 5.32 Å². The minimum Gasteiger partial charge on any atom is -0.347 e. The van der Waals surface area contributed by atoms with Crippen LogP contribution >= 0.6 is 43.2 Å². The molecule has 0 saturated heterocycles. The molecule has 2 nitrogen and oxygen atoms in total. The van der Waals surface area contributed by atoms with Crippen molar-refractivity contribution in [2.75, 3.05) is 5.33 Å². The van der Waals surface area contributed by atoms with Crippen LogP contribution in [0.2, 0.25) is 0 Å². The van der Waals surface area contributed by atoms with Crippen molar-refractivity contribution in [1.82, 2.24) is 5.32 Å². The van der Waals surface area contributed by atoms with Crippen LogP contribution in [0.5, 0.6) is 0 Å². The van der Waals surface area contributed by atoms with Crippen molar-refractivity contribution in [1.29, 1.82) is 0 Å². The number of hydrogen-bond donors (Lipinski definition) is 1. The number of carbonyl (C=O) groups is 1. The number of thiophene rings is 1. The van der Waals surface area contributed by atoms with Gasteiger partial charge in [0.1, 0.15) is 0 Å². The average molecular weight is 403 g/mol. The molecule has 5 heteroatoms. The van der Waals surface area contributed by atoms with E-state index in [1.54, 1.807) is 0 Å². The van der Waals surface area contributed by atoms with Crippen molar-refractivity contribution in [3.8, 4) is 0 Å². The number of hydrogen-bond acceptors (Lipinski definition) is 2. The van der Waals surface area contributed by atoms with E-state index in [0.29, 0.717) is 0 Å². The molecule has 0 aliphatic heterocycles. The van der Waals surface area contributed by atoms with E-state index in [0.717, 1.165) is 20.4 Å². The summed E-state index contributed by atoms with van der Waals surface area (Å²) in [5.74, 6) is -0.0175. The predicted octanol–water partition coefficient (Wildman–Crippen LogP) is 4.25. The van der Waals surface area contributed by atoms with Gasteiger partial charge in [0.15, 0.2) is 0 Å². The topological polar surface area (TPSA) is 29.1 Å². The van der Waals surface area contributed by atoms with E-state index in [4.69, 9.17) is 0 Å². The van der Waals surface area contributed by atoms with Crippen LogP contribution in [0.25, 0.3) is 0 Å². The van der Waals surface area contributed by atoms with Gasteiger partial charge in [-0.2, -0.15) is 0 Å². The highest BCUT2D eigenvalue weighted by Crippen LogP contribution is 2.22. The molecule has 0 bridgehead atoms. The van der Waals surface area contributed by atoms with Crippen LogP contribution in [0.4, 0.5) is 0 Å². The third kappa shape index (κ3) is 4.44. The van der Waals surface area contributed by atoms with Crippen molar-refractivity contribution >= 4 is 49.1 Å². The van der Waals surface area contributed by atoms with E-state index in [1.807, 2.05) is 30.3 Å². The molecule has 100 valence electrons. The zero-order chi connectivity index (χ0) is 13.7. The van der Waals surface area contributed by atoms with Gasteiger partial charge in [0, 0.05) is 11.4 Å². The number of alkyl halides is 1. The van der Waals surface area contributed by atoms with Crippen LogP contribution in [-0.2, 0) is 6.42 Å². The lowest BCUT2D eigenvalue weighted by Gasteiger charge is -2.15. The molecule has 0 aliphatic carbocycles. The Labute approximate surface area is 133 Å². The van der Waals surface area contributed by atoms with Crippen LogP contribution in [0.3, 0.4) is 0 Å². The van der Waals surface area contributed by atoms with Crippen molar-refractivity contribution in [3.63, 3.8) is 0 Å². The Bertz CT molecular complexity index is 541. The number of amides is 1. The fourth-order valence-electron chi connectivity index (χ4n) is 1.74. The second-order valence-electron chi connectivity index (χ2n) is 4.12. The zero-order valence-corrected chi connectivity index (χ0v) is 14.1. The molecular formula is C14H13Br2NOS. The Morgan fingerprint density at radius 3 is 2.53 bits per heavy atom. The highest BCUT2D eigenvalue weighted by atomic mass is 79.9. The summed E-state index contributed by atoms with van der Waals surface area (Å²) >= 11 is 8.27. The number of rotatable bonds is 5. The maximum atomic E-state index is 12.1. The van der Waals surface area contributed by atoms with Crippen molar-refractivity contribution in [2.45, 2.75) is 12.5 Å². The van der Waals surface area contributed by atoms with E-state index in [-0.39, 0.29) is 11.9 Å². The predicted molar refractivity (Wildman–Crippen MR) is 87.2 cm³/mol. The second kappa shape index (κ2) is 7.22. The molecule has 19 heavy (non-hydrogen) atoms. The third-order valence-corrected chi connectivity index (χ3v) is 5.05. The Balaban J connectivity index is 1.97. The molecule has 1 atom stereocenters. The fraction of sp³-hybridized carbons (Fsp3) is 0.214. The number of benzene rings is 1. The van der Waals surface area contributed by atoms with Gasteiger partial charge in [0.2, 0.25) is 0 Å². The van der Waals surface area contributed by atoms with Gasteiger partial charge in [-0.25, -0.2) is 0 Å².